The second-order valence-corrected chi connectivity index (χ2v) is 14.9. The van der Waals surface area contributed by atoms with Crippen molar-refractivity contribution in [3.05, 3.63) is 54.1 Å². The van der Waals surface area contributed by atoms with Gasteiger partial charge in [-0.15, -0.1) is 0 Å². The first-order valence-electron chi connectivity index (χ1n) is 10.7. The summed E-state index contributed by atoms with van der Waals surface area (Å²) in [6.45, 7) is 17.0. The molecule has 2 aromatic rings. The first kappa shape index (κ1) is 24.8. The van der Waals surface area contributed by atoms with Gasteiger partial charge in [-0.1, -0.05) is 57.2 Å². The van der Waals surface area contributed by atoms with Gasteiger partial charge in [0.15, 0.2) is 5.75 Å². The highest BCUT2D eigenvalue weighted by Crippen LogP contribution is 2.42. The molecule has 0 fully saturated rings. The van der Waals surface area contributed by atoms with Crippen molar-refractivity contribution in [2.75, 3.05) is 11.9 Å². The number of ether oxygens (including phenoxy) is 2. The molecule has 0 aliphatic rings. The second-order valence-electron chi connectivity index (χ2n) is 10.2. The Morgan fingerprint density at radius 1 is 0.935 bits per heavy atom. The van der Waals surface area contributed by atoms with Crippen LogP contribution in [-0.4, -0.2) is 26.4 Å². The smallest absolute Gasteiger partial charge is 0.325 e. The van der Waals surface area contributed by atoms with Crippen molar-refractivity contribution >= 4 is 20.0 Å². The number of rotatable bonds is 8. The number of benzene rings is 2. The molecule has 2 rings (SSSR count). The number of carbonyl (C=O) groups excluding carboxylic acids is 1. The molecule has 0 aliphatic carbocycles. The Hall–Kier alpha value is -2.47. The molecule has 0 spiro atoms. The van der Waals surface area contributed by atoms with E-state index in [1.807, 2.05) is 69.3 Å². The van der Waals surface area contributed by atoms with Crippen LogP contribution in [0.25, 0.3) is 0 Å². The molecule has 170 valence electrons. The summed E-state index contributed by atoms with van der Waals surface area (Å²) < 4.78 is 18.2. The summed E-state index contributed by atoms with van der Waals surface area (Å²) in [5.74, 6) is 0.980. The number of carbonyl (C=O) groups is 1. The van der Waals surface area contributed by atoms with E-state index in [0.717, 1.165) is 5.56 Å². The van der Waals surface area contributed by atoms with Gasteiger partial charge in [-0.05, 0) is 56.6 Å². The number of hydrogen-bond donors (Lipinski definition) is 1. The van der Waals surface area contributed by atoms with Gasteiger partial charge >= 0.3 is 5.97 Å². The standard InChI is InChI=1S/C25H37NO4Si/c1-24(2,3)29-22(27)17-26-20-15-12-16-21(30-31(7,8)25(4,5)6)23(20)28-18-19-13-10-9-11-14-19/h9-16,26H,17-18H2,1-8H3. The zero-order valence-corrected chi connectivity index (χ0v) is 21.2. The molecular weight excluding hydrogens is 406 g/mol. The average Bonchev–Trinajstić information content (AvgIpc) is 2.64. The first-order chi connectivity index (χ1) is 14.3. The highest BCUT2D eigenvalue weighted by Gasteiger charge is 2.39. The van der Waals surface area contributed by atoms with E-state index in [0.29, 0.717) is 23.8 Å². The second kappa shape index (κ2) is 9.77. The predicted molar refractivity (Wildman–Crippen MR) is 129 cm³/mol. The lowest BCUT2D eigenvalue weighted by atomic mass is 10.2. The first-order valence-corrected chi connectivity index (χ1v) is 13.6. The van der Waals surface area contributed by atoms with Crippen LogP contribution < -0.4 is 14.5 Å². The van der Waals surface area contributed by atoms with Crippen molar-refractivity contribution in [2.45, 2.75) is 71.9 Å². The monoisotopic (exact) mass is 443 g/mol. The van der Waals surface area contributed by atoms with Gasteiger partial charge in [0.25, 0.3) is 8.32 Å². The third-order valence-corrected chi connectivity index (χ3v) is 9.56. The van der Waals surface area contributed by atoms with E-state index in [1.165, 1.54) is 0 Å². The van der Waals surface area contributed by atoms with Gasteiger partial charge in [0.05, 0.1) is 5.69 Å². The Bertz CT molecular complexity index is 867. The van der Waals surface area contributed by atoms with Crippen molar-refractivity contribution in [2.24, 2.45) is 0 Å². The summed E-state index contributed by atoms with van der Waals surface area (Å²) >= 11 is 0. The molecule has 0 atom stereocenters. The Balaban J connectivity index is 2.29. The van der Waals surface area contributed by atoms with Crippen molar-refractivity contribution in [1.82, 2.24) is 0 Å². The third kappa shape index (κ3) is 7.62. The minimum atomic E-state index is -2.08. The molecular formula is C25H37NO4Si. The molecule has 0 bridgehead atoms. The topological polar surface area (TPSA) is 56.8 Å². The van der Waals surface area contributed by atoms with E-state index >= 15 is 0 Å². The third-order valence-electron chi connectivity index (χ3n) is 5.22. The van der Waals surface area contributed by atoms with Crippen LogP contribution in [-0.2, 0) is 16.1 Å². The lowest BCUT2D eigenvalue weighted by Crippen LogP contribution is -2.44. The minimum Gasteiger partial charge on any atom is -0.541 e. The van der Waals surface area contributed by atoms with Gasteiger partial charge in [-0.3, -0.25) is 4.79 Å². The minimum absolute atomic E-state index is 0.0442. The largest absolute Gasteiger partial charge is 0.541 e. The predicted octanol–water partition coefficient (Wildman–Crippen LogP) is 6.40. The molecule has 0 amide bonds. The van der Waals surface area contributed by atoms with Crippen LogP contribution in [0.1, 0.15) is 47.1 Å². The Labute approximate surface area is 188 Å². The van der Waals surface area contributed by atoms with Crippen LogP contribution in [0.2, 0.25) is 18.1 Å². The summed E-state index contributed by atoms with van der Waals surface area (Å²) in [6, 6.07) is 15.7. The lowest BCUT2D eigenvalue weighted by molar-refractivity contribution is -0.152. The number of para-hydroxylation sites is 1. The Morgan fingerprint density at radius 3 is 2.16 bits per heavy atom. The molecule has 5 nitrogen and oxygen atoms in total. The van der Waals surface area contributed by atoms with Crippen LogP contribution in [0.3, 0.4) is 0 Å². The Kier molecular flexibility index (Phi) is 7.81. The molecule has 0 aromatic heterocycles. The molecule has 0 radical (unpaired) electrons. The van der Waals surface area contributed by atoms with Gasteiger partial charge in [-0.25, -0.2) is 0 Å². The summed E-state index contributed by atoms with van der Waals surface area (Å²) in [7, 11) is -2.08. The highest BCUT2D eigenvalue weighted by molar-refractivity contribution is 6.74. The molecule has 0 unspecified atom stereocenters. The molecule has 0 saturated carbocycles. The van der Waals surface area contributed by atoms with Crippen LogP contribution in [0.5, 0.6) is 11.5 Å². The van der Waals surface area contributed by atoms with Gasteiger partial charge in [0.1, 0.15) is 24.5 Å². The lowest BCUT2D eigenvalue weighted by Gasteiger charge is -2.37. The van der Waals surface area contributed by atoms with Crippen molar-refractivity contribution in [3.8, 4) is 11.5 Å². The Morgan fingerprint density at radius 2 is 1.58 bits per heavy atom. The van der Waals surface area contributed by atoms with Gasteiger partial charge < -0.3 is 19.2 Å². The fourth-order valence-corrected chi connectivity index (χ4v) is 3.60. The molecule has 31 heavy (non-hydrogen) atoms. The van der Waals surface area contributed by atoms with Gasteiger partial charge in [0, 0.05) is 0 Å². The van der Waals surface area contributed by atoms with Crippen molar-refractivity contribution in [3.63, 3.8) is 0 Å². The number of anilines is 1. The molecule has 0 heterocycles. The zero-order chi connectivity index (χ0) is 23.3. The van der Waals surface area contributed by atoms with Crippen LogP contribution in [0, 0.1) is 0 Å². The molecule has 2 aromatic carbocycles. The summed E-state index contributed by atoms with van der Waals surface area (Å²) in [5.41, 5.74) is 1.24. The van der Waals surface area contributed by atoms with E-state index < -0.39 is 13.9 Å². The van der Waals surface area contributed by atoms with E-state index in [-0.39, 0.29) is 17.6 Å². The maximum Gasteiger partial charge on any atom is 0.325 e. The summed E-state index contributed by atoms with van der Waals surface area (Å²) in [6.07, 6.45) is 0. The number of hydrogen-bond acceptors (Lipinski definition) is 5. The molecule has 0 saturated heterocycles. The van der Waals surface area contributed by atoms with Gasteiger partial charge in [-0.2, -0.15) is 0 Å². The van der Waals surface area contributed by atoms with Crippen molar-refractivity contribution < 1.29 is 18.7 Å². The number of nitrogens with one attached hydrogen (secondary N) is 1. The average molecular weight is 444 g/mol. The van der Waals surface area contributed by atoms with E-state index in [9.17, 15) is 4.79 Å². The molecule has 1 N–H and O–H groups in total. The maximum absolute atomic E-state index is 12.2. The fourth-order valence-electron chi connectivity index (χ4n) is 2.59. The normalized spacial score (nSPS) is 12.3. The SMILES string of the molecule is CC(C)(C)OC(=O)CNc1cccc(O[Si](C)(C)C(C)(C)C)c1OCc1ccccc1. The van der Waals surface area contributed by atoms with Gasteiger partial charge in [0.2, 0.25) is 0 Å². The van der Waals surface area contributed by atoms with Crippen LogP contribution in [0.15, 0.2) is 48.5 Å². The zero-order valence-electron chi connectivity index (χ0n) is 20.2. The maximum atomic E-state index is 12.2. The summed E-state index contributed by atoms with van der Waals surface area (Å²) in [5, 5.41) is 3.22. The number of esters is 1. The van der Waals surface area contributed by atoms with E-state index in [4.69, 9.17) is 13.9 Å². The summed E-state index contributed by atoms with van der Waals surface area (Å²) in [4.78, 5) is 12.2. The molecule has 6 heteroatoms. The highest BCUT2D eigenvalue weighted by atomic mass is 28.4. The van der Waals surface area contributed by atoms with E-state index in [2.05, 4.69) is 39.2 Å². The molecule has 0 aliphatic heterocycles. The van der Waals surface area contributed by atoms with Crippen LogP contribution in [0.4, 0.5) is 5.69 Å². The van der Waals surface area contributed by atoms with E-state index in [1.54, 1.807) is 0 Å². The van der Waals surface area contributed by atoms with Crippen molar-refractivity contribution in [1.29, 1.82) is 0 Å². The van der Waals surface area contributed by atoms with Crippen LogP contribution >= 0.6 is 0 Å². The quantitative estimate of drug-likeness (QED) is 0.378. The fraction of sp³-hybridized carbons (Fsp3) is 0.480.